The van der Waals surface area contributed by atoms with Gasteiger partial charge in [-0.15, -0.1) is 0 Å². The lowest BCUT2D eigenvalue weighted by molar-refractivity contribution is -0.122. The van der Waals surface area contributed by atoms with Crippen molar-refractivity contribution < 1.29 is 9.59 Å². The van der Waals surface area contributed by atoms with E-state index in [0.717, 1.165) is 5.75 Å². The van der Waals surface area contributed by atoms with Crippen LogP contribution in [0.25, 0.3) is 0 Å². The highest BCUT2D eigenvalue weighted by Gasteiger charge is 2.21. The molecule has 2 amide bonds. The van der Waals surface area contributed by atoms with E-state index < -0.39 is 6.04 Å². The third-order valence-electron chi connectivity index (χ3n) is 3.83. The second-order valence-electron chi connectivity index (χ2n) is 6.28. The van der Waals surface area contributed by atoms with Crippen LogP contribution in [0.5, 0.6) is 0 Å². The Morgan fingerprint density at radius 2 is 1.78 bits per heavy atom. The Balaban J connectivity index is 2.00. The maximum Gasteiger partial charge on any atom is 0.251 e. The average Bonchev–Trinajstić information content (AvgIpc) is 2.65. The van der Waals surface area contributed by atoms with Gasteiger partial charge in [0.1, 0.15) is 12.6 Å². The van der Waals surface area contributed by atoms with Gasteiger partial charge >= 0.3 is 0 Å². The summed E-state index contributed by atoms with van der Waals surface area (Å²) in [7, 11) is 0. The zero-order valence-electron chi connectivity index (χ0n) is 15.5. The fourth-order valence-electron chi connectivity index (χ4n) is 2.71. The van der Waals surface area contributed by atoms with Gasteiger partial charge in [-0.2, -0.15) is 17.0 Å². The molecule has 27 heavy (non-hydrogen) atoms. The summed E-state index contributed by atoms with van der Waals surface area (Å²) in [6, 6.07) is 16.3. The van der Waals surface area contributed by atoms with Gasteiger partial charge < -0.3 is 10.6 Å². The minimum absolute atomic E-state index is 0.0850. The molecule has 5 nitrogen and oxygen atoms in total. The molecule has 0 heterocycles. The molecular formula is C21H23N3O2S. The number of nitrogens with one attached hydrogen (secondary N) is 2. The van der Waals surface area contributed by atoms with E-state index in [1.54, 1.807) is 36.0 Å². The lowest BCUT2D eigenvalue weighted by atomic mass is 10.1. The van der Waals surface area contributed by atoms with Gasteiger partial charge in [-0.1, -0.05) is 47.5 Å². The number of amides is 2. The molecule has 0 saturated carbocycles. The molecule has 1 atom stereocenters. The van der Waals surface area contributed by atoms with Gasteiger partial charge in [0.15, 0.2) is 0 Å². The van der Waals surface area contributed by atoms with Crippen molar-refractivity contribution in [1.82, 2.24) is 10.6 Å². The van der Waals surface area contributed by atoms with Crippen LogP contribution in [0.3, 0.4) is 0 Å². The number of rotatable bonds is 8. The van der Waals surface area contributed by atoms with Crippen molar-refractivity contribution in [3.8, 4) is 6.07 Å². The summed E-state index contributed by atoms with van der Waals surface area (Å²) in [6.45, 7) is 4.02. The summed E-state index contributed by atoms with van der Waals surface area (Å²) < 4.78 is 0. The van der Waals surface area contributed by atoms with Crippen molar-refractivity contribution in [2.24, 2.45) is 0 Å². The fourth-order valence-corrected chi connectivity index (χ4v) is 3.70. The van der Waals surface area contributed by atoms with Gasteiger partial charge in [0.05, 0.1) is 6.07 Å². The van der Waals surface area contributed by atoms with E-state index in [1.807, 2.05) is 12.1 Å². The molecule has 0 radical (unpaired) electrons. The van der Waals surface area contributed by atoms with Crippen LogP contribution in [0, 0.1) is 25.2 Å². The third-order valence-corrected chi connectivity index (χ3v) is 4.94. The molecule has 2 aromatic rings. The quantitative estimate of drug-likeness (QED) is 0.689. The van der Waals surface area contributed by atoms with Crippen molar-refractivity contribution >= 4 is 23.6 Å². The molecule has 2 rings (SSSR count). The molecule has 0 aromatic heterocycles. The van der Waals surface area contributed by atoms with Crippen molar-refractivity contribution in [3.63, 3.8) is 0 Å². The Bertz CT molecular complexity index is 811. The molecule has 2 aromatic carbocycles. The van der Waals surface area contributed by atoms with Crippen LogP contribution in [0.15, 0.2) is 48.5 Å². The molecule has 1 unspecified atom stereocenters. The van der Waals surface area contributed by atoms with E-state index in [-0.39, 0.29) is 18.4 Å². The monoisotopic (exact) mass is 381 g/mol. The number of benzene rings is 2. The molecule has 0 saturated heterocycles. The molecule has 140 valence electrons. The molecule has 0 aliphatic carbocycles. The van der Waals surface area contributed by atoms with Crippen LogP contribution >= 0.6 is 11.8 Å². The first kappa shape index (κ1) is 20.5. The van der Waals surface area contributed by atoms with Gasteiger partial charge in [0.2, 0.25) is 5.91 Å². The van der Waals surface area contributed by atoms with Gasteiger partial charge in [-0.3, -0.25) is 9.59 Å². The predicted molar refractivity (Wildman–Crippen MR) is 108 cm³/mol. The van der Waals surface area contributed by atoms with Crippen molar-refractivity contribution in [2.45, 2.75) is 25.6 Å². The molecule has 0 spiro atoms. The van der Waals surface area contributed by atoms with Crippen LogP contribution in [0.1, 0.15) is 27.0 Å². The number of aryl methyl sites for hydroxylation is 2. The maximum atomic E-state index is 12.4. The van der Waals surface area contributed by atoms with Crippen LogP contribution < -0.4 is 10.6 Å². The number of hydrogen-bond acceptors (Lipinski definition) is 4. The van der Waals surface area contributed by atoms with Crippen molar-refractivity contribution in [2.75, 3.05) is 12.3 Å². The molecule has 0 aliphatic heterocycles. The maximum absolute atomic E-state index is 12.4. The molecule has 2 N–H and O–H groups in total. The van der Waals surface area contributed by atoms with Crippen molar-refractivity contribution in [1.29, 1.82) is 5.26 Å². The van der Waals surface area contributed by atoms with E-state index in [1.165, 1.54) is 16.7 Å². The molecule has 0 bridgehead atoms. The molecular weight excluding hydrogens is 358 g/mol. The number of nitrogens with zero attached hydrogens (tertiary/aromatic N) is 1. The first-order valence-electron chi connectivity index (χ1n) is 8.65. The fraction of sp³-hybridized carbons (Fsp3) is 0.286. The van der Waals surface area contributed by atoms with E-state index in [0.29, 0.717) is 11.3 Å². The summed E-state index contributed by atoms with van der Waals surface area (Å²) in [5.74, 6) is 0.502. The number of thioether (sulfide) groups is 1. The van der Waals surface area contributed by atoms with Crippen molar-refractivity contribution in [3.05, 3.63) is 70.8 Å². The first-order valence-corrected chi connectivity index (χ1v) is 9.80. The Kier molecular flexibility index (Phi) is 7.90. The Morgan fingerprint density at radius 3 is 2.41 bits per heavy atom. The zero-order valence-corrected chi connectivity index (χ0v) is 16.3. The average molecular weight is 382 g/mol. The van der Waals surface area contributed by atoms with Gasteiger partial charge in [0, 0.05) is 17.1 Å². The van der Waals surface area contributed by atoms with Gasteiger partial charge in [0.25, 0.3) is 5.91 Å². The van der Waals surface area contributed by atoms with Gasteiger partial charge in [-0.25, -0.2) is 0 Å². The lowest BCUT2D eigenvalue weighted by Gasteiger charge is -2.18. The second kappa shape index (κ2) is 10.4. The Labute approximate surface area is 164 Å². The largest absolute Gasteiger partial charge is 0.341 e. The first-order chi connectivity index (χ1) is 13.0. The normalized spacial score (nSPS) is 11.3. The smallest absolute Gasteiger partial charge is 0.251 e. The standard InChI is InChI=1S/C21H23N3O2S/c1-15-10-16(2)12-17(11-15)13-27-14-19(21(26)23-9-8-22)24-20(25)18-6-4-3-5-7-18/h3-7,10-12,19H,9,13-14H2,1-2H3,(H,23,26)(H,24,25). The summed E-state index contributed by atoms with van der Waals surface area (Å²) in [6.07, 6.45) is 0. The van der Waals surface area contributed by atoms with Crippen LogP contribution in [0.2, 0.25) is 0 Å². The van der Waals surface area contributed by atoms with E-state index in [9.17, 15) is 9.59 Å². The number of hydrogen-bond donors (Lipinski definition) is 2. The number of nitriles is 1. The minimum Gasteiger partial charge on any atom is -0.341 e. The third kappa shape index (κ3) is 6.80. The Morgan fingerprint density at radius 1 is 1.11 bits per heavy atom. The minimum atomic E-state index is -0.707. The highest BCUT2D eigenvalue weighted by atomic mass is 32.2. The zero-order chi connectivity index (χ0) is 19.6. The van der Waals surface area contributed by atoms with Gasteiger partial charge in [-0.05, 0) is 31.5 Å². The highest BCUT2D eigenvalue weighted by Crippen LogP contribution is 2.17. The SMILES string of the molecule is Cc1cc(C)cc(CSCC(NC(=O)c2ccccc2)C(=O)NCC#N)c1. The molecule has 0 aliphatic rings. The van der Waals surface area contributed by atoms with E-state index >= 15 is 0 Å². The topological polar surface area (TPSA) is 82.0 Å². The summed E-state index contributed by atoms with van der Waals surface area (Å²) in [5, 5.41) is 14.0. The molecule has 6 heteroatoms. The van der Waals surface area contributed by atoms with E-state index in [4.69, 9.17) is 5.26 Å². The van der Waals surface area contributed by atoms with Crippen LogP contribution in [-0.2, 0) is 10.5 Å². The van der Waals surface area contributed by atoms with Crippen LogP contribution in [0.4, 0.5) is 0 Å². The summed E-state index contributed by atoms with van der Waals surface area (Å²) >= 11 is 1.57. The summed E-state index contributed by atoms with van der Waals surface area (Å²) in [4.78, 5) is 24.7. The predicted octanol–water partition coefficient (Wildman–Crippen LogP) is 2.98. The Hall–Kier alpha value is -2.78. The summed E-state index contributed by atoms with van der Waals surface area (Å²) in [5.41, 5.74) is 4.08. The second-order valence-corrected chi connectivity index (χ2v) is 7.31. The number of carbonyl (C=O) groups excluding carboxylic acids is 2. The lowest BCUT2D eigenvalue weighted by Crippen LogP contribution is -2.48. The van der Waals surface area contributed by atoms with Crippen LogP contribution in [-0.4, -0.2) is 30.2 Å². The molecule has 0 fully saturated rings. The highest BCUT2D eigenvalue weighted by molar-refractivity contribution is 7.98. The number of carbonyl (C=O) groups is 2. The van der Waals surface area contributed by atoms with E-state index in [2.05, 4.69) is 42.7 Å².